The highest BCUT2D eigenvalue weighted by molar-refractivity contribution is 9.10. The Labute approximate surface area is 237 Å². The zero-order valence-electron chi connectivity index (χ0n) is 21.9. The van der Waals surface area contributed by atoms with Crippen molar-refractivity contribution in [1.29, 1.82) is 0 Å². The highest BCUT2D eigenvalue weighted by atomic mass is 79.9. The van der Waals surface area contributed by atoms with Crippen molar-refractivity contribution in [3.8, 4) is 0 Å². The van der Waals surface area contributed by atoms with Gasteiger partial charge < -0.3 is 15.1 Å². The van der Waals surface area contributed by atoms with Crippen LogP contribution < -0.4 is 15.1 Å². The quantitative estimate of drug-likeness (QED) is 0.410. The number of amides is 2. The van der Waals surface area contributed by atoms with Gasteiger partial charge >= 0.3 is 0 Å². The Morgan fingerprint density at radius 1 is 1.03 bits per heavy atom. The van der Waals surface area contributed by atoms with Crippen molar-refractivity contribution in [3.63, 3.8) is 0 Å². The molecule has 2 aliphatic heterocycles. The van der Waals surface area contributed by atoms with E-state index in [4.69, 9.17) is 0 Å². The Bertz CT molecular complexity index is 1340. The van der Waals surface area contributed by atoms with E-state index in [1.54, 1.807) is 29.2 Å². The number of nitrogens with one attached hydrogen (secondary N) is 1. The van der Waals surface area contributed by atoms with E-state index in [0.717, 1.165) is 57.5 Å². The maximum atomic E-state index is 14.0. The van der Waals surface area contributed by atoms with Crippen molar-refractivity contribution in [2.24, 2.45) is 5.92 Å². The van der Waals surface area contributed by atoms with Gasteiger partial charge in [0, 0.05) is 61.8 Å². The second-order valence-corrected chi connectivity index (χ2v) is 13.4. The summed E-state index contributed by atoms with van der Waals surface area (Å²) in [6, 6.07) is 10.2. The molecule has 2 amide bonds. The molecule has 0 bridgehead atoms. The lowest BCUT2D eigenvalue weighted by atomic mass is 10.2. The van der Waals surface area contributed by atoms with Gasteiger partial charge in [0.2, 0.25) is 11.8 Å². The van der Waals surface area contributed by atoms with Gasteiger partial charge in [-0.3, -0.25) is 14.5 Å². The first-order chi connectivity index (χ1) is 18.7. The summed E-state index contributed by atoms with van der Waals surface area (Å²) >= 11 is 3.39. The number of nitrogens with zero attached hydrogens (tertiary/aromatic N) is 3. The summed E-state index contributed by atoms with van der Waals surface area (Å²) in [6.07, 6.45) is 3.12. The lowest BCUT2D eigenvalue weighted by molar-refractivity contribution is -0.121. The van der Waals surface area contributed by atoms with Crippen LogP contribution in [0.2, 0.25) is 0 Å². The van der Waals surface area contributed by atoms with E-state index < -0.39 is 9.84 Å². The molecule has 1 saturated heterocycles. The third-order valence-electron chi connectivity index (χ3n) is 7.69. The summed E-state index contributed by atoms with van der Waals surface area (Å²) in [6.45, 7) is 4.98. The van der Waals surface area contributed by atoms with Crippen molar-refractivity contribution < 1.29 is 22.4 Å². The molecule has 0 aromatic heterocycles. The first-order valence-corrected chi connectivity index (χ1v) is 16.0. The number of rotatable bonds is 10. The lowest BCUT2D eigenvalue weighted by Crippen LogP contribution is -2.47. The number of carbonyl (C=O) groups excluding carboxylic acids is 2. The monoisotopic (exact) mass is 620 g/mol. The fourth-order valence-electron chi connectivity index (χ4n) is 5.28. The van der Waals surface area contributed by atoms with Crippen molar-refractivity contribution in [1.82, 2.24) is 10.2 Å². The number of sulfone groups is 1. The van der Waals surface area contributed by atoms with Crippen LogP contribution in [0, 0.1) is 11.7 Å². The molecule has 2 fully saturated rings. The molecule has 1 aliphatic carbocycles. The molecule has 0 atom stereocenters. The van der Waals surface area contributed by atoms with Gasteiger partial charge in [0.15, 0.2) is 9.84 Å². The Kier molecular flexibility index (Phi) is 8.58. The normalized spacial score (nSPS) is 17.8. The molecule has 5 rings (SSSR count). The van der Waals surface area contributed by atoms with E-state index in [2.05, 4.69) is 31.0 Å². The van der Waals surface area contributed by atoms with Crippen molar-refractivity contribution >= 4 is 49.0 Å². The molecule has 1 N–H and O–H groups in total. The van der Waals surface area contributed by atoms with E-state index in [1.807, 2.05) is 6.07 Å². The summed E-state index contributed by atoms with van der Waals surface area (Å²) in [7, 11) is -3.73. The number of carbonyl (C=O) groups is 2. The lowest BCUT2D eigenvalue weighted by Gasteiger charge is -2.36. The molecular weight excluding hydrogens is 587 g/mol. The van der Waals surface area contributed by atoms with Crippen molar-refractivity contribution in [2.45, 2.75) is 37.0 Å². The summed E-state index contributed by atoms with van der Waals surface area (Å²) < 4.78 is 40.7. The van der Waals surface area contributed by atoms with Gasteiger partial charge in [0.1, 0.15) is 5.82 Å². The summed E-state index contributed by atoms with van der Waals surface area (Å²) in [5, 5.41) is 2.83. The number of hydrogen-bond acceptors (Lipinski definition) is 6. The molecule has 0 unspecified atom stereocenters. The van der Waals surface area contributed by atoms with Crippen LogP contribution >= 0.6 is 15.9 Å². The highest BCUT2D eigenvalue weighted by Crippen LogP contribution is 2.39. The Morgan fingerprint density at radius 3 is 2.49 bits per heavy atom. The molecule has 210 valence electrons. The molecule has 39 heavy (non-hydrogen) atoms. The van der Waals surface area contributed by atoms with Crippen molar-refractivity contribution in [2.75, 3.05) is 61.4 Å². The number of piperazine rings is 1. The molecule has 8 nitrogen and oxygen atoms in total. The molecule has 2 aromatic carbocycles. The first-order valence-electron chi connectivity index (χ1n) is 13.6. The third-order valence-corrected chi connectivity index (χ3v) is 10.4. The second kappa shape index (κ2) is 11.9. The molecular formula is C28H34BrFN4O4S. The Hall–Kier alpha value is -2.50. The highest BCUT2D eigenvalue weighted by Gasteiger charge is 2.37. The average Bonchev–Trinajstić information content (AvgIpc) is 3.70. The maximum Gasteiger partial charge on any atom is 0.230 e. The van der Waals surface area contributed by atoms with Crippen LogP contribution in [0.25, 0.3) is 0 Å². The molecule has 0 radical (unpaired) electrons. The van der Waals surface area contributed by atoms with E-state index in [-0.39, 0.29) is 40.6 Å². The van der Waals surface area contributed by atoms with Gasteiger partial charge in [0.25, 0.3) is 0 Å². The smallest absolute Gasteiger partial charge is 0.230 e. The van der Waals surface area contributed by atoms with Crippen LogP contribution in [0.4, 0.5) is 15.8 Å². The number of fused-ring (bicyclic) bond motifs is 1. The minimum absolute atomic E-state index is 0.0619. The van der Waals surface area contributed by atoms with Crippen LogP contribution in [-0.2, 0) is 25.8 Å². The predicted molar refractivity (Wildman–Crippen MR) is 152 cm³/mol. The number of anilines is 2. The number of benzene rings is 2. The fraction of sp³-hybridized carbons (Fsp3) is 0.500. The molecule has 3 aliphatic rings. The van der Waals surface area contributed by atoms with Gasteiger partial charge in [-0.2, -0.15) is 0 Å². The number of para-hydroxylation sites is 1. The fourth-order valence-corrected chi connectivity index (χ4v) is 7.73. The number of hydrogen-bond donors (Lipinski definition) is 1. The van der Waals surface area contributed by atoms with E-state index in [1.165, 1.54) is 6.07 Å². The van der Waals surface area contributed by atoms with Crippen LogP contribution in [0.15, 0.2) is 45.8 Å². The van der Waals surface area contributed by atoms with Gasteiger partial charge in [-0.05, 0) is 78.0 Å². The molecule has 2 heterocycles. The van der Waals surface area contributed by atoms with E-state index in [0.29, 0.717) is 35.4 Å². The number of halogens is 2. The van der Waals surface area contributed by atoms with E-state index >= 15 is 0 Å². The van der Waals surface area contributed by atoms with Crippen LogP contribution in [0.3, 0.4) is 0 Å². The van der Waals surface area contributed by atoms with Crippen LogP contribution in [-0.4, -0.2) is 76.7 Å². The zero-order chi connectivity index (χ0) is 27.6. The molecule has 0 spiro atoms. The van der Waals surface area contributed by atoms with E-state index in [9.17, 15) is 22.4 Å². The van der Waals surface area contributed by atoms with Crippen LogP contribution in [0.1, 0.15) is 31.2 Å². The standard InChI is InChI=1S/C28H34BrFN4O4S/c29-22-18-21-8-12-34(28(36)20-6-7-20)25(21)19-26(22)39(37,38)17-9-27(35)31-10-3-11-32-13-15-33(16-14-32)24-5-2-1-4-23(24)30/h1-2,4-5,18-20H,3,6-17H2,(H,31,35). The largest absolute Gasteiger partial charge is 0.367 e. The minimum Gasteiger partial charge on any atom is -0.367 e. The van der Waals surface area contributed by atoms with Gasteiger partial charge in [-0.15, -0.1) is 0 Å². The third kappa shape index (κ3) is 6.63. The predicted octanol–water partition coefficient (Wildman–Crippen LogP) is 3.38. The Morgan fingerprint density at radius 2 is 1.77 bits per heavy atom. The molecule has 11 heteroatoms. The summed E-state index contributed by atoms with van der Waals surface area (Å²) in [4.78, 5) is 31.2. The van der Waals surface area contributed by atoms with Gasteiger partial charge in [0.05, 0.1) is 16.3 Å². The maximum absolute atomic E-state index is 14.0. The topological polar surface area (TPSA) is 90.0 Å². The summed E-state index contributed by atoms with van der Waals surface area (Å²) in [5.74, 6) is -0.668. The van der Waals surface area contributed by atoms with Gasteiger partial charge in [-0.25, -0.2) is 12.8 Å². The van der Waals surface area contributed by atoms with Gasteiger partial charge in [-0.1, -0.05) is 12.1 Å². The second-order valence-electron chi connectivity index (χ2n) is 10.5. The average molecular weight is 622 g/mol. The molecule has 1 saturated carbocycles. The zero-order valence-corrected chi connectivity index (χ0v) is 24.3. The first kappa shape index (κ1) is 28.0. The summed E-state index contributed by atoms with van der Waals surface area (Å²) in [5.41, 5.74) is 2.27. The Balaban J connectivity index is 1.05. The SMILES string of the molecule is O=C(CCS(=O)(=O)c1cc2c(cc1Br)CCN2C(=O)C1CC1)NCCCN1CCN(c2ccccc2F)CC1. The minimum atomic E-state index is -3.73. The van der Waals surface area contributed by atoms with Crippen LogP contribution in [0.5, 0.6) is 0 Å². The van der Waals surface area contributed by atoms with Crippen molar-refractivity contribution in [3.05, 3.63) is 52.3 Å². The molecule has 2 aromatic rings.